The monoisotopic (exact) mass is 223 g/mol. The minimum absolute atomic E-state index is 0.574. The molecule has 1 atom stereocenters. The maximum Gasteiger partial charge on any atom is 0.0521 e. The number of hydrogen-bond acceptors (Lipinski definition) is 2. The Balaban J connectivity index is 2.34. The molecule has 1 aromatic heterocycles. The summed E-state index contributed by atoms with van der Waals surface area (Å²) < 4.78 is 2.04. The molecule has 1 rings (SSSR count). The quantitative estimate of drug-likeness (QED) is 0.769. The number of hydrogen-bond donors (Lipinski definition) is 1. The summed E-state index contributed by atoms with van der Waals surface area (Å²) >= 11 is 0. The number of rotatable bonds is 7. The van der Waals surface area contributed by atoms with Crippen LogP contribution in [0.3, 0.4) is 0 Å². The molecule has 1 unspecified atom stereocenters. The van der Waals surface area contributed by atoms with Crippen LogP contribution in [0.25, 0.3) is 0 Å². The molecule has 3 nitrogen and oxygen atoms in total. The van der Waals surface area contributed by atoms with Crippen LogP contribution in [-0.4, -0.2) is 22.4 Å². The minimum atomic E-state index is 0.574. The first-order valence-corrected chi connectivity index (χ1v) is 6.36. The van der Waals surface area contributed by atoms with Gasteiger partial charge >= 0.3 is 0 Å². The van der Waals surface area contributed by atoms with Crippen molar-refractivity contribution in [1.82, 2.24) is 15.1 Å². The molecule has 0 aliphatic carbocycles. The van der Waals surface area contributed by atoms with E-state index in [2.05, 4.69) is 44.3 Å². The second-order valence-electron chi connectivity index (χ2n) is 4.98. The van der Waals surface area contributed by atoms with Gasteiger partial charge in [-0.1, -0.05) is 27.7 Å². The van der Waals surface area contributed by atoms with E-state index in [1.54, 1.807) is 0 Å². The van der Waals surface area contributed by atoms with E-state index in [9.17, 15) is 0 Å². The van der Waals surface area contributed by atoms with Crippen molar-refractivity contribution in [2.75, 3.05) is 6.54 Å². The zero-order valence-corrected chi connectivity index (χ0v) is 11.0. The van der Waals surface area contributed by atoms with Crippen LogP contribution in [0, 0.1) is 5.92 Å². The first-order chi connectivity index (χ1) is 7.61. The second-order valence-corrected chi connectivity index (χ2v) is 4.98. The van der Waals surface area contributed by atoms with Crippen molar-refractivity contribution in [3.8, 4) is 0 Å². The number of aryl methyl sites for hydroxylation is 1. The molecule has 92 valence electrons. The third kappa shape index (κ3) is 4.79. The topological polar surface area (TPSA) is 29.9 Å². The summed E-state index contributed by atoms with van der Waals surface area (Å²) in [7, 11) is 0. The van der Waals surface area contributed by atoms with Gasteiger partial charge in [-0.15, -0.1) is 0 Å². The van der Waals surface area contributed by atoms with Crippen molar-refractivity contribution >= 4 is 0 Å². The lowest BCUT2D eigenvalue weighted by molar-refractivity contribution is 0.475. The Morgan fingerprint density at radius 3 is 2.75 bits per heavy atom. The van der Waals surface area contributed by atoms with E-state index < -0.39 is 0 Å². The van der Waals surface area contributed by atoms with Crippen LogP contribution in [0.1, 0.15) is 39.7 Å². The first kappa shape index (κ1) is 13.2. The molecular weight excluding hydrogens is 198 g/mol. The molecule has 1 heterocycles. The van der Waals surface area contributed by atoms with Gasteiger partial charge in [0.05, 0.1) is 6.20 Å². The van der Waals surface area contributed by atoms with Crippen LogP contribution in [0.4, 0.5) is 0 Å². The number of nitrogens with one attached hydrogen (secondary N) is 1. The Morgan fingerprint density at radius 1 is 1.38 bits per heavy atom. The Hall–Kier alpha value is -0.830. The predicted molar refractivity (Wildman–Crippen MR) is 68.5 cm³/mol. The zero-order valence-electron chi connectivity index (χ0n) is 11.0. The van der Waals surface area contributed by atoms with Crippen LogP contribution in [0.2, 0.25) is 0 Å². The molecule has 0 bridgehead atoms. The summed E-state index contributed by atoms with van der Waals surface area (Å²) in [4.78, 5) is 0. The smallest absolute Gasteiger partial charge is 0.0521 e. The van der Waals surface area contributed by atoms with Gasteiger partial charge in [-0.2, -0.15) is 5.10 Å². The highest BCUT2D eigenvalue weighted by Crippen LogP contribution is 2.07. The van der Waals surface area contributed by atoms with Crippen LogP contribution < -0.4 is 5.32 Å². The summed E-state index contributed by atoms with van der Waals surface area (Å²) in [5.41, 5.74) is 1.35. The van der Waals surface area contributed by atoms with Crippen molar-refractivity contribution in [3.05, 3.63) is 18.0 Å². The van der Waals surface area contributed by atoms with E-state index in [1.165, 1.54) is 5.56 Å². The van der Waals surface area contributed by atoms with E-state index in [0.717, 1.165) is 25.9 Å². The average Bonchev–Trinajstić information content (AvgIpc) is 2.63. The molecule has 0 aromatic carbocycles. The molecule has 0 radical (unpaired) electrons. The lowest BCUT2D eigenvalue weighted by Crippen LogP contribution is -2.28. The van der Waals surface area contributed by atoms with Crippen molar-refractivity contribution < 1.29 is 0 Å². The van der Waals surface area contributed by atoms with Gasteiger partial charge in [0.1, 0.15) is 0 Å². The lowest BCUT2D eigenvalue weighted by Gasteiger charge is -2.13. The molecule has 16 heavy (non-hydrogen) atoms. The molecule has 0 fully saturated rings. The van der Waals surface area contributed by atoms with Gasteiger partial charge in [0.2, 0.25) is 0 Å². The molecule has 1 aromatic rings. The Morgan fingerprint density at radius 2 is 2.12 bits per heavy atom. The summed E-state index contributed by atoms with van der Waals surface area (Å²) in [5.74, 6) is 0.668. The SMILES string of the molecule is CCCn1cc(CC(C)CNC(C)C)cn1. The summed E-state index contributed by atoms with van der Waals surface area (Å²) in [6.07, 6.45) is 6.44. The molecule has 0 saturated heterocycles. The van der Waals surface area contributed by atoms with Gasteiger partial charge in [0, 0.05) is 18.8 Å². The molecule has 0 aliphatic heterocycles. The van der Waals surface area contributed by atoms with Gasteiger partial charge in [-0.05, 0) is 30.9 Å². The highest BCUT2D eigenvalue weighted by molar-refractivity contribution is 5.04. The van der Waals surface area contributed by atoms with Gasteiger partial charge in [-0.3, -0.25) is 4.68 Å². The zero-order chi connectivity index (χ0) is 12.0. The second kappa shape index (κ2) is 6.69. The highest BCUT2D eigenvalue weighted by atomic mass is 15.3. The van der Waals surface area contributed by atoms with Crippen LogP contribution >= 0.6 is 0 Å². The molecule has 0 aliphatic rings. The summed E-state index contributed by atoms with van der Waals surface area (Å²) in [6, 6.07) is 0.574. The van der Waals surface area contributed by atoms with E-state index in [4.69, 9.17) is 0 Å². The fraction of sp³-hybridized carbons (Fsp3) is 0.769. The highest BCUT2D eigenvalue weighted by Gasteiger charge is 2.06. The maximum atomic E-state index is 4.35. The van der Waals surface area contributed by atoms with Crippen molar-refractivity contribution in [3.63, 3.8) is 0 Å². The van der Waals surface area contributed by atoms with Gasteiger partial charge in [0.25, 0.3) is 0 Å². The Labute approximate surface area is 99.2 Å². The van der Waals surface area contributed by atoms with Crippen LogP contribution in [-0.2, 0) is 13.0 Å². The van der Waals surface area contributed by atoms with Crippen molar-refractivity contribution in [2.45, 2.75) is 53.1 Å². The van der Waals surface area contributed by atoms with E-state index >= 15 is 0 Å². The molecule has 3 heteroatoms. The fourth-order valence-electron chi connectivity index (χ4n) is 1.77. The summed E-state index contributed by atoms with van der Waals surface area (Å²) in [5, 5.41) is 7.82. The minimum Gasteiger partial charge on any atom is -0.314 e. The lowest BCUT2D eigenvalue weighted by atomic mass is 10.0. The summed E-state index contributed by atoms with van der Waals surface area (Å²) in [6.45, 7) is 10.9. The molecule has 1 N–H and O–H groups in total. The standard InChI is InChI=1S/C13H25N3/c1-5-6-16-10-13(9-15-16)7-12(4)8-14-11(2)3/h9-12,14H,5-8H2,1-4H3. The van der Waals surface area contributed by atoms with Gasteiger partial charge < -0.3 is 5.32 Å². The van der Waals surface area contributed by atoms with Crippen molar-refractivity contribution in [2.24, 2.45) is 5.92 Å². The van der Waals surface area contributed by atoms with Crippen molar-refractivity contribution in [1.29, 1.82) is 0 Å². The van der Waals surface area contributed by atoms with Crippen LogP contribution in [0.15, 0.2) is 12.4 Å². The average molecular weight is 223 g/mol. The number of aromatic nitrogens is 2. The van der Waals surface area contributed by atoms with E-state index in [-0.39, 0.29) is 0 Å². The number of nitrogens with zero attached hydrogens (tertiary/aromatic N) is 2. The largest absolute Gasteiger partial charge is 0.314 e. The van der Waals surface area contributed by atoms with Gasteiger partial charge in [-0.25, -0.2) is 0 Å². The normalized spacial score (nSPS) is 13.3. The van der Waals surface area contributed by atoms with Crippen LogP contribution in [0.5, 0.6) is 0 Å². The van der Waals surface area contributed by atoms with E-state index in [0.29, 0.717) is 12.0 Å². The molecule has 0 amide bonds. The molecule has 0 spiro atoms. The predicted octanol–water partition coefficient (Wildman–Crippen LogP) is 2.47. The molecule has 0 saturated carbocycles. The third-order valence-corrected chi connectivity index (χ3v) is 2.60. The molecular formula is C13H25N3. The maximum absolute atomic E-state index is 4.35. The fourth-order valence-corrected chi connectivity index (χ4v) is 1.77. The Kier molecular flexibility index (Phi) is 5.53. The van der Waals surface area contributed by atoms with E-state index in [1.807, 2.05) is 10.9 Å². The Bertz CT molecular complexity index is 291. The van der Waals surface area contributed by atoms with Gasteiger partial charge in [0.15, 0.2) is 0 Å². The third-order valence-electron chi connectivity index (χ3n) is 2.60. The first-order valence-electron chi connectivity index (χ1n) is 6.36.